The molecule has 5 nitrogen and oxygen atoms in total. The fourth-order valence-corrected chi connectivity index (χ4v) is 5.34. The number of carbonyl (C=O) groups is 2. The molecule has 1 aliphatic heterocycles. The van der Waals surface area contributed by atoms with Gasteiger partial charge in [-0.25, -0.2) is 4.39 Å². The maximum atomic E-state index is 13.4. The monoisotopic (exact) mass is 574 g/mol. The summed E-state index contributed by atoms with van der Waals surface area (Å²) in [7, 11) is 0. The Labute approximate surface area is 239 Å². The van der Waals surface area contributed by atoms with Gasteiger partial charge in [-0.15, -0.1) is 0 Å². The van der Waals surface area contributed by atoms with Crippen molar-refractivity contribution in [1.82, 2.24) is 0 Å². The van der Waals surface area contributed by atoms with Crippen molar-refractivity contribution in [3.63, 3.8) is 0 Å². The first-order valence-corrected chi connectivity index (χ1v) is 13.4. The van der Waals surface area contributed by atoms with Gasteiger partial charge >= 0.3 is 0 Å². The van der Waals surface area contributed by atoms with Gasteiger partial charge in [0.1, 0.15) is 18.2 Å². The highest BCUT2D eigenvalue weighted by molar-refractivity contribution is 8.27. The summed E-state index contributed by atoms with van der Waals surface area (Å²) in [5.74, 6) is -0.495. The largest absolute Gasteiger partial charge is 0.488 e. The van der Waals surface area contributed by atoms with E-state index in [-0.39, 0.29) is 12.5 Å². The third kappa shape index (κ3) is 6.20. The van der Waals surface area contributed by atoms with E-state index in [1.165, 1.54) is 40.9 Å². The van der Waals surface area contributed by atoms with E-state index in [1.807, 2.05) is 42.5 Å². The second-order valence-corrected chi connectivity index (χ2v) is 10.5. The quantitative estimate of drug-likeness (QED) is 0.181. The van der Waals surface area contributed by atoms with Crippen LogP contribution in [-0.2, 0) is 11.4 Å². The molecule has 0 unspecified atom stereocenters. The zero-order chi connectivity index (χ0) is 27.4. The first-order valence-electron chi connectivity index (χ1n) is 11.8. The average molecular weight is 575 g/mol. The summed E-state index contributed by atoms with van der Waals surface area (Å²) >= 11 is 13.0. The molecule has 0 saturated carbocycles. The summed E-state index contributed by atoms with van der Waals surface area (Å²) in [5, 5.41) is 3.34. The fraction of sp³-hybridized carbons (Fsp3) is 0.0333. The smallest absolute Gasteiger partial charge is 0.270 e. The molecule has 0 radical (unpaired) electrons. The summed E-state index contributed by atoms with van der Waals surface area (Å²) in [4.78, 5) is 28.0. The molecule has 1 fully saturated rings. The molecule has 4 aromatic carbocycles. The molecule has 1 aliphatic rings. The van der Waals surface area contributed by atoms with Crippen LogP contribution in [0.2, 0.25) is 5.02 Å². The highest BCUT2D eigenvalue weighted by atomic mass is 35.5. The van der Waals surface area contributed by atoms with Crippen LogP contribution < -0.4 is 15.0 Å². The Hall–Kier alpha value is -3.98. The molecule has 1 saturated heterocycles. The zero-order valence-corrected chi connectivity index (χ0v) is 22.7. The number of carbonyl (C=O) groups excluding carboxylic acids is 2. The predicted molar refractivity (Wildman–Crippen MR) is 159 cm³/mol. The van der Waals surface area contributed by atoms with Crippen LogP contribution in [0.4, 0.5) is 15.8 Å². The van der Waals surface area contributed by atoms with Crippen molar-refractivity contribution in [2.45, 2.75) is 6.61 Å². The van der Waals surface area contributed by atoms with E-state index in [4.69, 9.17) is 28.6 Å². The van der Waals surface area contributed by atoms with Crippen LogP contribution >= 0.6 is 35.6 Å². The van der Waals surface area contributed by atoms with Gasteiger partial charge in [0.05, 0.1) is 10.6 Å². The van der Waals surface area contributed by atoms with E-state index < -0.39 is 11.7 Å². The highest BCUT2D eigenvalue weighted by Crippen LogP contribution is 2.37. The average Bonchev–Trinajstić information content (AvgIpc) is 3.22. The molecule has 1 N–H and O–H groups in total. The Morgan fingerprint density at radius 2 is 1.74 bits per heavy atom. The molecule has 0 atom stereocenters. The van der Waals surface area contributed by atoms with Crippen LogP contribution in [0, 0.1) is 5.82 Å². The molecule has 4 aromatic rings. The third-order valence-electron chi connectivity index (χ3n) is 5.81. The van der Waals surface area contributed by atoms with Crippen molar-refractivity contribution in [3.8, 4) is 5.75 Å². The van der Waals surface area contributed by atoms with Crippen LogP contribution in [0.5, 0.6) is 5.75 Å². The van der Waals surface area contributed by atoms with Crippen LogP contribution in [0.25, 0.3) is 6.08 Å². The number of amides is 2. The number of hydrogen-bond acceptors (Lipinski definition) is 5. The Morgan fingerprint density at radius 3 is 2.54 bits per heavy atom. The second kappa shape index (κ2) is 11.8. The summed E-state index contributed by atoms with van der Waals surface area (Å²) in [6.45, 7) is 0.276. The van der Waals surface area contributed by atoms with Gasteiger partial charge in [-0.2, -0.15) is 0 Å². The molecule has 0 spiro atoms. The molecule has 9 heteroatoms. The molecule has 2 amide bonds. The van der Waals surface area contributed by atoms with Crippen molar-refractivity contribution in [2.75, 3.05) is 10.2 Å². The lowest BCUT2D eigenvalue weighted by molar-refractivity contribution is -0.113. The van der Waals surface area contributed by atoms with Gasteiger partial charge in [0.2, 0.25) is 0 Å². The fourth-order valence-electron chi connectivity index (χ4n) is 3.86. The number of thioether (sulfide) groups is 1. The lowest BCUT2D eigenvalue weighted by atomic mass is 10.1. The standard InChI is InChI=1S/C30H20ClFN2O3S2/c31-25-10-3-1-7-21(25)18-37-26-11-4-2-6-19(26)17-27-29(36)34(30(38)39-27)24-9-5-8-20(16-24)28(35)33-23-14-12-22(32)13-15-23/h1-17H,18H2,(H,33,35)/b27-17+. The van der Waals surface area contributed by atoms with E-state index in [9.17, 15) is 14.0 Å². The number of hydrogen-bond donors (Lipinski definition) is 1. The van der Waals surface area contributed by atoms with Crippen LogP contribution in [0.15, 0.2) is 102 Å². The number of rotatable bonds is 7. The number of anilines is 2. The summed E-state index contributed by atoms with van der Waals surface area (Å²) in [6, 6.07) is 26.9. The van der Waals surface area contributed by atoms with Crippen molar-refractivity contribution in [1.29, 1.82) is 0 Å². The minimum atomic E-state index is -0.396. The molecule has 39 heavy (non-hydrogen) atoms. The van der Waals surface area contributed by atoms with Gasteiger partial charge in [0.15, 0.2) is 4.32 Å². The normalized spacial score (nSPS) is 14.1. The van der Waals surface area contributed by atoms with E-state index in [0.717, 1.165) is 11.1 Å². The van der Waals surface area contributed by atoms with Crippen LogP contribution in [0.3, 0.4) is 0 Å². The van der Waals surface area contributed by atoms with E-state index in [2.05, 4.69) is 5.32 Å². The number of benzene rings is 4. The van der Waals surface area contributed by atoms with E-state index >= 15 is 0 Å². The summed E-state index contributed by atoms with van der Waals surface area (Å²) in [5.41, 5.74) is 2.82. The lowest BCUT2D eigenvalue weighted by Crippen LogP contribution is -2.27. The Balaban J connectivity index is 1.34. The molecule has 194 valence electrons. The topological polar surface area (TPSA) is 58.6 Å². The van der Waals surface area contributed by atoms with E-state index in [0.29, 0.717) is 36.9 Å². The van der Waals surface area contributed by atoms with Crippen molar-refractivity contribution in [2.24, 2.45) is 0 Å². The number of nitrogens with zero attached hydrogens (tertiary/aromatic N) is 1. The molecule has 0 aliphatic carbocycles. The molecular weight excluding hydrogens is 555 g/mol. The number of ether oxygens (including phenoxy) is 1. The Morgan fingerprint density at radius 1 is 1.00 bits per heavy atom. The maximum absolute atomic E-state index is 13.4. The summed E-state index contributed by atoms with van der Waals surface area (Å²) in [6.07, 6.45) is 1.74. The molecule has 5 rings (SSSR count). The van der Waals surface area contributed by atoms with Crippen molar-refractivity contribution < 1.29 is 18.7 Å². The van der Waals surface area contributed by atoms with Gasteiger partial charge in [-0.1, -0.05) is 78.0 Å². The van der Waals surface area contributed by atoms with Gasteiger partial charge in [-0.05, 0) is 60.7 Å². The predicted octanol–water partition coefficient (Wildman–Crippen LogP) is 7.72. The first-order chi connectivity index (χ1) is 18.9. The van der Waals surface area contributed by atoms with Gasteiger partial charge < -0.3 is 10.1 Å². The third-order valence-corrected chi connectivity index (χ3v) is 7.48. The Kier molecular flexibility index (Phi) is 8.07. The van der Waals surface area contributed by atoms with Gasteiger partial charge in [-0.3, -0.25) is 14.5 Å². The zero-order valence-electron chi connectivity index (χ0n) is 20.3. The number of nitrogens with one attached hydrogen (secondary N) is 1. The Bertz CT molecular complexity index is 1610. The number of halogens is 2. The molecule has 0 bridgehead atoms. The molecule has 1 heterocycles. The molecule has 0 aromatic heterocycles. The minimum Gasteiger partial charge on any atom is -0.488 e. The number of para-hydroxylation sites is 1. The molecular formula is C30H20ClFN2O3S2. The minimum absolute atomic E-state index is 0.276. The highest BCUT2D eigenvalue weighted by Gasteiger charge is 2.33. The summed E-state index contributed by atoms with van der Waals surface area (Å²) < 4.78 is 19.5. The van der Waals surface area contributed by atoms with Gasteiger partial charge in [0, 0.05) is 27.4 Å². The maximum Gasteiger partial charge on any atom is 0.270 e. The first kappa shape index (κ1) is 26.6. The lowest BCUT2D eigenvalue weighted by Gasteiger charge is -2.15. The van der Waals surface area contributed by atoms with E-state index in [1.54, 1.807) is 36.4 Å². The van der Waals surface area contributed by atoms with Crippen molar-refractivity contribution >= 4 is 69.2 Å². The van der Waals surface area contributed by atoms with Gasteiger partial charge in [0.25, 0.3) is 11.8 Å². The van der Waals surface area contributed by atoms with Crippen LogP contribution in [-0.4, -0.2) is 16.1 Å². The van der Waals surface area contributed by atoms with Crippen LogP contribution in [0.1, 0.15) is 21.5 Å². The number of thiocarbonyl (C=S) groups is 1. The van der Waals surface area contributed by atoms with Crippen molar-refractivity contribution in [3.05, 3.63) is 129 Å². The SMILES string of the molecule is O=C(Nc1ccc(F)cc1)c1cccc(N2C(=O)/C(=C\c3ccccc3OCc3ccccc3Cl)SC2=S)c1. The second-order valence-electron chi connectivity index (χ2n) is 8.45.